The molecule has 0 bridgehead atoms. The van der Waals surface area contributed by atoms with Crippen molar-refractivity contribution in [3.05, 3.63) is 30.3 Å². The predicted molar refractivity (Wildman–Crippen MR) is 75.3 cm³/mol. The van der Waals surface area contributed by atoms with Crippen LogP contribution in [0.5, 0.6) is 0 Å². The number of nitrogens with zero attached hydrogens (tertiary/aromatic N) is 1. The maximum Gasteiger partial charge on any atom is 0.319 e. The van der Waals surface area contributed by atoms with Gasteiger partial charge in [0.05, 0.1) is 13.2 Å². The molecule has 6 heteroatoms. The van der Waals surface area contributed by atoms with Gasteiger partial charge < -0.3 is 20.6 Å². The number of rotatable bonds is 6. The second kappa shape index (κ2) is 6.91. The Labute approximate surface area is 117 Å². The zero-order chi connectivity index (χ0) is 14.4. The van der Waals surface area contributed by atoms with E-state index in [9.17, 15) is 9.59 Å². The lowest BCUT2D eigenvalue weighted by molar-refractivity contribution is -0.131. The van der Waals surface area contributed by atoms with E-state index in [0.717, 1.165) is 12.8 Å². The van der Waals surface area contributed by atoms with Gasteiger partial charge in [0.1, 0.15) is 0 Å². The van der Waals surface area contributed by atoms with Crippen LogP contribution in [-0.2, 0) is 4.79 Å². The van der Waals surface area contributed by atoms with Crippen LogP contribution in [0.2, 0.25) is 0 Å². The summed E-state index contributed by atoms with van der Waals surface area (Å²) in [6.45, 7) is 0.207. The third kappa shape index (κ3) is 4.24. The van der Waals surface area contributed by atoms with Gasteiger partial charge in [-0.1, -0.05) is 18.2 Å². The fourth-order valence-corrected chi connectivity index (χ4v) is 1.96. The summed E-state index contributed by atoms with van der Waals surface area (Å²) in [5, 5.41) is 14.1. The predicted octanol–water partition coefficient (Wildman–Crippen LogP) is 0.791. The molecule has 20 heavy (non-hydrogen) atoms. The molecule has 3 amide bonds. The normalized spacial score (nSPS) is 13.7. The Morgan fingerprint density at radius 2 is 1.95 bits per heavy atom. The molecule has 0 aromatic heterocycles. The highest BCUT2D eigenvalue weighted by atomic mass is 16.3. The van der Waals surface area contributed by atoms with Crippen molar-refractivity contribution >= 4 is 17.6 Å². The van der Waals surface area contributed by atoms with Crippen molar-refractivity contribution in [1.29, 1.82) is 0 Å². The van der Waals surface area contributed by atoms with E-state index in [0.29, 0.717) is 12.2 Å². The number of benzene rings is 1. The molecular weight excluding hydrogens is 258 g/mol. The number of carbonyl (C=O) groups is 2. The second-order valence-electron chi connectivity index (χ2n) is 4.72. The van der Waals surface area contributed by atoms with Gasteiger partial charge in [0.15, 0.2) is 0 Å². The van der Waals surface area contributed by atoms with Gasteiger partial charge >= 0.3 is 6.03 Å². The molecule has 0 radical (unpaired) electrons. The Morgan fingerprint density at radius 1 is 1.25 bits per heavy atom. The maximum atomic E-state index is 11.9. The van der Waals surface area contributed by atoms with Crippen LogP contribution in [0.4, 0.5) is 10.5 Å². The van der Waals surface area contributed by atoms with Crippen LogP contribution in [0.3, 0.4) is 0 Å². The molecule has 0 aliphatic heterocycles. The average molecular weight is 277 g/mol. The van der Waals surface area contributed by atoms with E-state index in [4.69, 9.17) is 5.11 Å². The number of anilines is 1. The lowest BCUT2D eigenvalue weighted by atomic mass is 10.3. The highest BCUT2D eigenvalue weighted by Crippen LogP contribution is 2.26. The maximum absolute atomic E-state index is 11.9. The highest BCUT2D eigenvalue weighted by molar-refractivity contribution is 5.92. The Morgan fingerprint density at radius 3 is 2.55 bits per heavy atom. The molecule has 0 spiro atoms. The third-order valence-electron chi connectivity index (χ3n) is 3.08. The zero-order valence-electron chi connectivity index (χ0n) is 11.2. The van der Waals surface area contributed by atoms with Crippen LogP contribution in [0.1, 0.15) is 12.8 Å². The molecule has 1 fully saturated rings. The summed E-state index contributed by atoms with van der Waals surface area (Å²) in [6, 6.07) is 8.84. The monoisotopic (exact) mass is 277 g/mol. The summed E-state index contributed by atoms with van der Waals surface area (Å²) in [5.41, 5.74) is 0.673. The minimum atomic E-state index is -0.413. The third-order valence-corrected chi connectivity index (χ3v) is 3.08. The van der Waals surface area contributed by atoms with Gasteiger partial charge in [-0.2, -0.15) is 0 Å². The van der Waals surface area contributed by atoms with Crippen molar-refractivity contribution in [2.24, 2.45) is 0 Å². The Bertz CT molecular complexity index is 460. The molecule has 0 saturated heterocycles. The summed E-state index contributed by atoms with van der Waals surface area (Å²) in [7, 11) is 0. The SMILES string of the molecule is O=C(NCC(=O)N(CCO)C1CC1)Nc1ccccc1. The lowest BCUT2D eigenvalue weighted by Crippen LogP contribution is -2.43. The highest BCUT2D eigenvalue weighted by Gasteiger charge is 2.31. The largest absolute Gasteiger partial charge is 0.395 e. The van der Waals surface area contributed by atoms with E-state index < -0.39 is 6.03 Å². The van der Waals surface area contributed by atoms with E-state index in [-0.39, 0.29) is 25.1 Å². The molecule has 6 nitrogen and oxygen atoms in total. The number of urea groups is 1. The van der Waals surface area contributed by atoms with Crippen molar-refractivity contribution in [3.63, 3.8) is 0 Å². The quantitative estimate of drug-likeness (QED) is 0.719. The number of hydrogen-bond acceptors (Lipinski definition) is 3. The van der Waals surface area contributed by atoms with Crippen LogP contribution in [0.25, 0.3) is 0 Å². The molecular formula is C14H19N3O3. The first-order valence-electron chi connectivity index (χ1n) is 6.71. The summed E-state index contributed by atoms with van der Waals surface area (Å²) >= 11 is 0. The van der Waals surface area contributed by atoms with Gasteiger partial charge in [-0.3, -0.25) is 4.79 Å². The number of amides is 3. The van der Waals surface area contributed by atoms with E-state index in [1.807, 2.05) is 18.2 Å². The van der Waals surface area contributed by atoms with Crippen molar-refractivity contribution in [1.82, 2.24) is 10.2 Å². The summed E-state index contributed by atoms with van der Waals surface area (Å²) in [6.07, 6.45) is 1.95. The molecule has 1 aromatic carbocycles. The van der Waals surface area contributed by atoms with E-state index in [2.05, 4.69) is 10.6 Å². The first kappa shape index (κ1) is 14.3. The van der Waals surface area contributed by atoms with Gasteiger partial charge in [-0.15, -0.1) is 0 Å². The van der Waals surface area contributed by atoms with Gasteiger partial charge in [0.2, 0.25) is 5.91 Å². The van der Waals surface area contributed by atoms with Crippen LogP contribution in [0, 0.1) is 0 Å². The van der Waals surface area contributed by atoms with E-state index >= 15 is 0 Å². The van der Waals surface area contributed by atoms with Crippen molar-refractivity contribution < 1.29 is 14.7 Å². The molecule has 1 aliphatic rings. The molecule has 108 valence electrons. The number of aliphatic hydroxyl groups excluding tert-OH is 1. The van der Waals surface area contributed by atoms with Crippen LogP contribution < -0.4 is 10.6 Å². The summed E-state index contributed by atoms with van der Waals surface area (Å²) in [4.78, 5) is 25.2. The Balaban J connectivity index is 1.76. The van der Waals surface area contributed by atoms with Crippen LogP contribution >= 0.6 is 0 Å². The fraction of sp³-hybridized carbons (Fsp3) is 0.429. The van der Waals surface area contributed by atoms with E-state index in [1.165, 1.54) is 0 Å². The minimum absolute atomic E-state index is 0.0571. The summed E-state index contributed by atoms with van der Waals surface area (Å²) in [5.74, 6) is -0.162. The summed E-state index contributed by atoms with van der Waals surface area (Å²) < 4.78 is 0. The molecule has 0 heterocycles. The molecule has 3 N–H and O–H groups in total. The lowest BCUT2D eigenvalue weighted by Gasteiger charge is -2.21. The molecule has 1 saturated carbocycles. The molecule has 0 atom stereocenters. The molecule has 1 aliphatic carbocycles. The van der Waals surface area contributed by atoms with Gasteiger partial charge in [0.25, 0.3) is 0 Å². The second-order valence-corrected chi connectivity index (χ2v) is 4.72. The number of aliphatic hydroxyl groups is 1. The molecule has 2 rings (SSSR count). The van der Waals surface area contributed by atoms with Gasteiger partial charge in [0, 0.05) is 18.3 Å². The van der Waals surface area contributed by atoms with Crippen molar-refractivity contribution in [2.45, 2.75) is 18.9 Å². The Hall–Kier alpha value is -2.08. The standard InChI is InChI=1S/C14H19N3O3/c18-9-8-17(12-6-7-12)13(19)10-15-14(20)16-11-4-2-1-3-5-11/h1-5,12,18H,6-10H2,(H2,15,16,20). The first-order valence-corrected chi connectivity index (χ1v) is 6.71. The number of hydrogen-bond donors (Lipinski definition) is 3. The topological polar surface area (TPSA) is 81.7 Å². The fourth-order valence-electron chi connectivity index (χ4n) is 1.96. The molecule has 1 aromatic rings. The van der Waals surface area contributed by atoms with Crippen LogP contribution in [0.15, 0.2) is 30.3 Å². The number of para-hydroxylation sites is 1. The number of carbonyl (C=O) groups excluding carboxylic acids is 2. The van der Waals surface area contributed by atoms with Crippen molar-refractivity contribution in [2.75, 3.05) is 25.0 Å². The number of nitrogens with one attached hydrogen (secondary N) is 2. The van der Waals surface area contributed by atoms with Crippen LogP contribution in [-0.4, -0.2) is 47.7 Å². The van der Waals surface area contributed by atoms with Crippen molar-refractivity contribution in [3.8, 4) is 0 Å². The zero-order valence-corrected chi connectivity index (χ0v) is 11.2. The first-order chi connectivity index (χ1) is 9.70. The van der Waals surface area contributed by atoms with Gasteiger partial charge in [-0.25, -0.2) is 4.79 Å². The van der Waals surface area contributed by atoms with E-state index in [1.54, 1.807) is 17.0 Å². The van der Waals surface area contributed by atoms with Gasteiger partial charge in [-0.05, 0) is 25.0 Å². The minimum Gasteiger partial charge on any atom is -0.395 e. The average Bonchev–Trinajstić information content (AvgIpc) is 3.28. The smallest absolute Gasteiger partial charge is 0.319 e. The Kier molecular flexibility index (Phi) is 4.95. The molecule has 0 unspecified atom stereocenters.